The topological polar surface area (TPSA) is 74.6 Å². The average Bonchev–Trinajstić information content (AvgIpc) is 3.36. The maximum atomic E-state index is 12.5. The highest BCUT2D eigenvalue weighted by atomic mass is 32.2. The molecule has 1 heterocycles. The molecule has 5 atom stereocenters. The lowest BCUT2D eigenvalue weighted by atomic mass is 9.54. The van der Waals surface area contributed by atoms with E-state index in [0.717, 1.165) is 33.4 Å². The number of benzene rings is 4. The van der Waals surface area contributed by atoms with Crippen LogP contribution >= 0.6 is 10.9 Å². The second kappa shape index (κ2) is 8.22. The highest BCUT2D eigenvalue weighted by molar-refractivity contribution is 8.20. The van der Waals surface area contributed by atoms with Gasteiger partial charge in [-0.15, -0.1) is 0 Å². The van der Waals surface area contributed by atoms with E-state index in [1.54, 1.807) is 0 Å². The first-order chi connectivity index (χ1) is 18.0. The Balaban J connectivity index is 1.36. The first-order valence-electron chi connectivity index (χ1n) is 12.4. The van der Waals surface area contributed by atoms with Gasteiger partial charge < -0.3 is 10.2 Å². The Hall–Kier alpha value is -4.09. The number of carboxylic acid groups (broad SMARTS) is 2. The number of rotatable bonds is 4. The van der Waals surface area contributed by atoms with Gasteiger partial charge in [0.25, 0.3) is 0 Å². The minimum Gasteiger partial charge on any atom is -0.481 e. The summed E-state index contributed by atoms with van der Waals surface area (Å²) in [6.45, 7) is 0. The van der Waals surface area contributed by atoms with Gasteiger partial charge >= 0.3 is 11.9 Å². The van der Waals surface area contributed by atoms with Crippen LogP contribution in [0.15, 0.2) is 106 Å². The van der Waals surface area contributed by atoms with Gasteiger partial charge in [0.2, 0.25) is 0 Å². The van der Waals surface area contributed by atoms with Crippen molar-refractivity contribution in [3.8, 4) is 11.1 Å². The molecule has 3 aliphatic carbocycles. The van der Waals surface area contributed by atoms with Crippen LogP contribution in [0.4, 0.5) is 0 Å². The molecule has 5 unspecified atom stereocenters. The maximum absolute atomic E-state index is 12.5. The van der Waals surface area contributed by atoms with E-state index in [9.17, 15) is 19.8 Å². The van der Waals surface area contributed by atoms with Crippen LogP contribution in [0.2, 0.25) is 0 Å². The number of carboxylic acids is 2. The van der Waals surface area contributed by atoms with Gasteiger partial charge in [-0.25, -0.2) is 0 Å². The molecule has 0 radical (unpaired) electrons. The Morgan fingerprint density at radius 2 is 1.19 bits per heavy atom. The Labute approximate surface area is 217 Å². The molecule has 0 saturated carbocycles. The third-order valence-corrected chi connectivity index (χ3v) is 10.4. The number of hydrogen-bond donors (Lipinski definition) is 3. The van der Waals surface area contributed by atoms with Crippen LogP contribution in [-0.2, 0) is 9.59 Å². The fraction of sp³-hybridized carbons (Fsp3) is 0.125. The molecule has 182 valence electrons. The smallest absolute Gasteiger partial charge is 0.308 e. The van der Waals surface area contributed by atoms with Gasteiger partial charge in [-0.1, -0.05) is 72.8 Å². The summed E-state index contributed by atoms with van der Waals surface area (Å²) >= 11 is 0. The molecule has 4 aromatic rings. The van der Waals surface area contributed by atoms with Crippen molar-refractivity contribution in [1.82, 2.24) is 0 Å². The van der Waals surface area contributed by atoms with Gasteiger partial charge in [-0.2, -0.15) is 10.9 Å². The third-order valence-electron chi connectivity index (χ3n) is 8.16. The first kappa shape index (κ1) is 22.1. The number of fused-ring (bicyclic) bond motifs is 2. The molecular weight excluding hydrogens is 480 g/mol. The van der Waals surface area contributed by atoms with E-state index in [1.807, 2.05) is 36.4 Å². The molecule has 37 heavy (non-hydrogen) atoms. The van der Waals surface area contributed by atoms with Crippen molar-refractivity contribution in [2.75, 3.05) is 0 Å². The summed E-state index contributed by atoms with van der Waals surface area (Å²) in [5.74, 6) is -5.06. The zero-order valence-electron chi connectivity index (χ0n) is 19.8. The molecule has 2 bridgehead atoms. The van der Waals surface area contributed by atoms with Crippen LogP contribution in [-0.4, -0.2) is 22.2 Å². The fourth-order valence-corrected chi connectivity index (χ4v) is 8.74. The largest absolute Gasteiger partial charge is 0.481 e. The Bertz CT molecular complexity index is 1620. The Morgan fingerprint density at radius 3 is 1.86 bits per heavy atom. The average molecular weight is 505 g/mol. The predicted octanol–water partition coefficient (Wildman–Crippen LogP) is 6.75. The molecule has 1 aliphatic heterocycles. The molecular formula is C32H24O4S. The summed E-state index contributed by atoms with van der Waals surface area (Å²) in [5.41, 5.74) is 7.10. The zero-order valence-corrected chi connectivity index (χ0v) is 20.7. The molecule has 4 nitrogen and oxygen atoms in total. The second-order valence-corrected chi connectivity index (χ2v) is 12.0. The number of thiol groups is 1. The lowest BCUT2D eigenvalue weighted by molar-refractivity contribution is -0.156. The van der Waals surface area contributed by atoms with Crippen LogP contribution in [0.5, 0.6) is 0 Å². The van der Waals surface area contributed by atoms with Crippen molar-refractivity contribution < 1.29 is 19.8 Å². The van der Waals surface area contributed by atoms with E-state index in [-0.39, 0.29) is 0 Å². The molecule has 2 N–H and O–H groups in total. The molecule has 0 amide bonds. The number of hydrogen-bond acceptors (Lipinski definition) is 2. The summed E-state index contributed by atoms with van der Waals surface area (Å²) in [6, 6.07) is 31.0. The first-order valence-corrected chi connectivity index (χ1v) is 13.8. The van der Waals surface area contributed by atoms with Crippen molar-refractivity contribution in [3.05, 3.63) is 124 Å². The van der Waals surface area contributed by atoms with Crippen LogP contribution in [0.1, 0.15) is 39.7 Å². The third kappa shape index (κ3) is 3.24. The predicted molar refractivity (Wildman–Crippen MR) is 145 cm³/mol. The molecule has 4 aliphatic rings. The van der Waals surface area contributed by atoms with Crippen molar-refractivity contribution in [3.63, 3.8) is 0 Å². The fourth-order valence-electron chi connectivity index (χ4n) is 6.62. The van der Waals surface area contributed by atoms with Gasteiger partial charge in [-0.05, 0) is 73.5 Å². The highest BCUT2D eigenvalue weighted by Gasteiger charge is 2.55. The lowest BCUT2D eigenvalue weighted by Gasteiger charge is -2.47. The molecule has 0 fully saturated rings. The van der Waals surface area contributed by atoms with Crippen LogP contribution in [0.25, 0.3) is 17.2 Å². The summed E-state index contributed by atoms with van der Waals surface area (Å²) in [5, 5.41) is 22.6. The normalized spacial score (nSPS) is 25.2. The van der Waals surface area contributed by atoms with E-state index < -0.39 is 46.5 Å². The lowest BCUT2D eigenvalue weighted by Crippen LogP contribution is -2.46. The van der Waals surface area contributed by atoms with E-state index >= 15 is 0 Å². The van der Waals surface area contributed by atoms with Crippen molar-refractivity contribution in [2.24, 2.45) is 11.8 Å². The van der Waals surface area contributed by atoms with E-state index in [2.05, 4.69) is 66.1 Å². The van der Waals surface area contributed by atoms with Gasteiger partial charge in [0.15, 0.2) is 0 Å². The van der Waals surface area contributed by atoms with Crippen LogP contribution < -0.4 is 0 Å². The minimum absolute atomic E-state index is 0.473. The molecule has 8 rings (SSSR count). The molecule has 0 saturated heterocycles. The zero-order chi connectivity index (χ0) is 25.3. The summed E-state index contributed by atoms with van der Waals surface area (Å²) in [6.07, 6.45) is 2.20. The van der Waals surface area contributed by atoms with Gasteiger partial charge in [0.05, 0.1) is 11.8 Å². The van der Waals surface area contributed by atoms with Gasteiger partial charge in [0.1, 0.15) is 0 Å². The second-order valence-electron chi connectivity index (χ2n) is 9.95. The molecule has 4 aromatic carbocycles. The molecule has 0 spiro atoms. The maximum Gasteiger partial charge on any atom is 0.308 e. The summed E-state index contributed by atoms with van der Waals surface area (Å²) in [4.78, 5) is 27.5. The van der Waals surface area contributed by atoms with E-state index in [0.29, 0.717) is 0 Å². The van der Waals surface area contributed by atoms with Gasteiger partial charge in [-0.3, -0.25) is 9.59 Å². The Kier molecular flexibility index (Phi) is 4.92. The summed E-state index contributed by atoms with van der Waals surface area (Å²) in [7, 11) is -0.564. The molecule has 0 aromatic heterocycles. The van der Waals surface area contributed by atoms with Crippen molar-refractivity contribution in [2.45, 2.75) is 21.6 Å². The van der Waals surface area contributed by atoms with Gasteiger partial charge in [0, 0.05) is 16.7 Å². The molecule has 5 heteroatoms. The van der Waals surface area contributed by atoms with Crippen LogP contribution in [0, 0.1) is 11.8 Å². The van der Waals surface area contributed by atoms with E-state index in [1.165, 1.54) is 15.4 Å². The van der Waals surface area contributed by atoms with Crippen molar-refractivity contribution in [1.29, 1.82) is 0 Å². The summed E-state index contributed by atoms with van der Waals surface area (Å²) < 4.78 is 0. The quantitative estimate of drug-likeness (QED) is 0.269. The monoisotopic (exact) mass is 504 g/mol. The van der Waals surface area contributed by atoms with E-state index in [4.69, 9.17) is 0 Å². The van der Waals surface area contributed by atoms with Crippen molar-refractivity contribution >= 4 is 28.9 Å². The SMILES string of the molecule is O=C(O)C1C2c3ccccc3C(c3cc(-c4ccc5c(c4)[SH](c4ccccc4)C=C5)ccc32)C1C(=O)O. The minimum atomic E-state index is -1.05. The van der Waals surface area contributed by atoms with Crippen LogP contribution in [0.3, 0.4) is 0 Å². The standard InChI is InChI=1S/C32H24O4S/c33-31(34)29-27-22-8-4-5-9-23(22)28(30(29)32(35)36)25-16-19(12-13-24(25)27)20-11-10-18-14-15-37(26(18)17-20)21-6-2-1-3-7-21/h1-17,27-30,37H,(H,33,34)(H,35,36). The Morgan fingerprint density at radius 1 is 0.622 bits per heavy atom. The highest BCUT2D eigenvalue weighted by Crippen LogP contribution is 2.59. The number of aliphatic carboxylic acids is 2. The number of carbonyl (C=O) groups is 2.